The molecule has 1 aliphatic rings. The van der Waals surface area contributed by atoms with E-state index in [4.69, 9.17) is 5.26 Å². The highest BCUT2D eigenvalue weighted by molar-refractivity contribution is 7.89. The summed E-state index contributed by atoms with van der Waals surface area (Å²) >= 11 is 0. The van der Waals surface area contributed by atoms with E-state index in [0.717, 1.165) is 12.1 Å². The average Bonchev–Trinajstić information content (AvgIpc) is 2.69. The van der Waals surface area contributed by atoms with Gasteiger partial charge in [0.1, 0.15) is 5.82 Å². The lowest BCUT2D eigenvalue weighted by atomic mass is 9.97. The standard InChI is InChI=1S/C19H18FN3O3S/c20-16-3-7-18(8-4-16)27(25,26)23-11-9-15(10-12-23)19(24)22-17-5-1-14(13-21)2-6-17/h1-8,15H,9-12H2,(H,22,24). The van der Waals surface area contributed by atoms with Gasteiger partial charge in [0, 0.05) is 24.7 Å². The second-order valence-corrected chi connectivity index (χ2v) is 8.25. The van der Waals surface area contributed by atoms with Crippen LogP contribution in [0.2, 0.25) is 0 Å². The van der Waals surface area contributed by atoms with Crippen LogP contribution in [-0.2, 0) is 14.8 Å². The molecular weight excluding hydrogens is 369 g/mol. The zero-order valence-corrected chi connectivity index (χ0v) is 15.2. The van der Waals surface area contributed by atoms with Crippen LogP contribution in [0.5, 0.6) is 0 Å². The minimum atomic E-state index is -3.69. The van der Waals surface area contributed by atoms with Gasteiger partial charge in [0.15, 0.2) is 0 Å². The number of carbonyl (C=O) groups excluding carboxylic acids is 1. The quantitative estimate of drug-likeness (QED) is 0.873. The molecular formula is C19H18FN3O3S. The molecule has 2 aromatic carbocycles. The summed E-state index contributed by atoms with van der Waals surface area (Å²) in [6, 6.07) is 13.3. The van der Waals surface area contributed by atoms with Crippen molar-refractivity contribution in [3.8, 4) is 6.07 Å². The molecule has 2 aromatic rings. The molecule has 27 heavy (non-hydrogen) atoms. The zero-order valence-electron chi connectivity index (χ0n) is 14.4. The molecule has 1 heterocycles. The molecule has 0 radical (unpaired) electrons. The van der Waals surface area contributed by atoms with Crippen molar-refractivity contribution in [2.45, 2.75) is 17.7 Å². The molecule has 0 unspecified atom stereocenters. The number of nitrogens with zero attached hydrogens (tertiary/aromatic N) is 2. The van der Waals surface area contributed by atoms with E-state index in [0.29, 0.717) is 24.1 Å². The summed E-state index contributed by atoms with van der Waals surface area (Å²) in [6.07, 6.45) is 0.811. The van der Waals surface area contributed by atoms with Crippen LogP contribution in [0.25, 0.3) is 0 Å². The number of nitriles is 1. The number of nitrogens with one attached hydrogen (secondary N) is 1. The lowest BCUT2D eigenvalue weighted by Gasteiger charge is -2.30. The van der Waals surface area contributed by atoms with Crippen molar-refractivity contribution in [3.05, 3.63) is 59.9 Å². The van der Waals surface area contributed by atoms with Gasteiger partial charge in [-0.15, -0.1) is 0 Å². The molecule has 1 aliphatic heterocycles. The van der Waals surface area contributed by atoms with E-state index >= 15 is 0 Å². The normalized spacial score (nSPS) is 15.9. The third-order valence-corrected chi connectivity index (χ3v) is 6.47. The summed E-state index contributed by atoms with van der Waals surface area (Å²) in [7, 11) is -3.69. The topological polar surface area (TPSA) is 90.3 Å². The van der Waals surface area contributed by atoms with Gasteiger partial charge in [-0.2, -0.15) is 9.57 Å². The number of hydrogen-bond donors (Lipinski definition) is 1. The number of piperidine rings is 1. The molecule has 1 N–H and O–H groups in total. The van der Waals surface area contributed by atoms with Crippen LogP contribution in [0.3, 0.4) is 0 Å². The minimum absolute atomic E-state index is 0.0457. The number of carbonyl (C=O) groups is 1. The summed E-state index contributed by atoms with van der Waals surface area (Å²) in [4.78, 5) is 12.4. The maximum Gasteiger partial charge on any atom is 0.243 e. The van der Waals surface area contributed by atoms with Crippen molar-refractivity contribution in [2.24, 2.45) is 5.92 Å². The number of anilines is 1. The first-order valence-corrected chi connectivity index (χ1v) is 9.91. The number of sulfonamides is 1. The van der Waals surface area contributed by atoms with Crippen LogP contribution in [0.1, 0.15) is 18.4 Å². The summed E-state index contributed by atoms with van der Waals surface area (Å²) in [5.41, 5.74) is 1.10. The molecule has 0 bridgehead atoms. The third-order valence-electron chi connectivity index (χ3n) is 4.56. The van der Waals surface area contributed by atoms with Gasteiger partial charge >= 0.3 is 0 Å². The minimum Gasteiger partial charge on any atom is -0.326 e. The summed E-state index contributed by atoms with van der Waals surface area (Å²) in [6.45, 7) is 0.455. The van der Waals surface area contributed by atoms with Crippen molar-refractivity contribution in [1.29, 1.82) is 5.26 Å². The van der Waals surface area contributed by atoms with Gasteiger partial charge in [-0.3, -0.25) is 4.79 Å². The number of hydrogen-bond acceptors (Lipinski definition) is 4. The highest BCUT2D eigenvalue weighted by Gasteiger charge is 2.32. The molecule has 6 nitrogen and oxygen atoms in total. The van der Waals surface area contributed by atoms with Gasteiger partial charge in [0.25, 0.3) is 0 Å². The van der Waals surface area contributed by atoms with Crippen molar-refractivity contribution in [1.82, 2.24) is 4.31 Å². The molecule has 3 rings (SSSR count). The van der Waals surface area contributed by atoms with Crippen molar-refractivity contribution >= 4 is 21.6 Å². The Bertz CT molecular complexity index is 959. The monoisotopic (exact) mass is 387 g/mol. The van der Waals surface area contributed by atoms with Gasteiger partial charge in [-0.25, -0.2) is 12.8 Å². The molecule has 0 aliphatic carbocycles. The number of benzene rings is 2. The number of rotatable bonds is 4. The smallest absolute Gasteiger partial charge is 0.243 e. The van der Waals surface area contributed by atoms with Crippen molar-refractivity contribution in [3.63, 3.8) is 0 Å². The predicted octanol–water partition coefficient (Wildman–Crippen LogP) is 2.74. The Labute approximate surface area is 157 Å². The Balaban J connectivity index is 1.60. The Kier molecular flexibility index (Phi) is 5.54. The first-order valence-electron chi connectivity index (χ1n) is 8.47. The second-order valence-electron chi connectivity index (χ2n) is 6.31. The fourth-order valence-corrected chi connectivity index (χ4v) is 4.46. The van der Waals surface area contributed by atoms with Crippen LogP contribution in [0, 0.1) is 23.1 Å². The molecule has 0 aromatic heterocycles. The van der Waals surface area contributed by atoms with E-state index in [1.807, 2.05) is 6.07 Å². The third kappa shape index (κ3) is 4.32. The van der Waals surface area contributed by atoms with Gasteiger partial charge in [-0.05, 0) is 61.4 Å². The molecule has 0 saturated carbocycles. The summed E-state index contributed by atoms with van der Waals surface area (Å²) < 4.78 is 39.5. The van der Waals surface area contributed by atoms with Gasteiger partial charge < -0.3 is 5.32 Å². The molecule has 1 saturated heterocycles. The number of halogens is 1. The Morgan fingerprint density at radius 3 is 2.22 bits per heavy atom. The summed E-state index contributed by atoms with van der Waals surface area (Å²) in [5.74, 6) is -0.953. The molecule has 1 amide bonds. The lowest BCUT2D eigenvalue weighted by Crippen LogP contribution is -2.41. The molecule has 1 fully saturated rings. The van der Waals surface area contributed by atoms with Crippen molar-refractivity contribution < 1.29 is 17.6 Å². The van der Waals surface area contributed by atoms with E-state index in [2.05, 4.69) is 5.32 Å². The molecule has 140 valence electrons. The average molecular weight is 387 g/mol. The highest BCUT2D eigenvalue weighted by Crippen LogP contribution is 2.25. The Morgan fingerprint density at radius 2 is 1.67 bits per heavy atom. The first-order chi connectivity index (χ1) is 12.9. The number of amides is 1. The summed E-state index contributed by atoms with van der Waals surface area (Å²) in [5, 5.41) is 11.6. The largest absolute Gasteiger partial charge is 0.326 e. The molecule has 8 heteroatoms. The second kappa shape index (κ2) is 7.86. The van der Waals surface area contributed by atoms with Crippen molar-refractivity contribution in [2.75, 3.05) is 18.4 Å². The SMILES string of the molecule is N#Cc1ccc(NC(=O)C2CCN(S(=O)(=O)c3ccc(F)cc3)CC2)cc1. The van der Waals surface area contributed by atoms with Gasteiger partial charge in [-0.1, -0.05) is 0 Å². The van der Waals surface area contributed by atoms with E-state index < -0.39 is 15.8 Å². The molecule has 0 atom stereocenters. The molecule has 0 spiro atoms. The van der Waals surface area contributed by atoms with E-state index in [1.54, 1.807) is 24.3 Å². The Hall–Kier alpha value is -2.76. The fourth-order valence-electron chi connectivity index (χ4n) is 2.99. The zero-order chi connectivity index (χ0) is 19.4. The fraction of sp³-hybridized carbons (Fsp3) is 0.263. The maximum atomic E-state index is 13.0. The first kappa shape index (κ1) is 19.0. The van der Waals surface area contributed by atoms with Crippen LogP contribution in [-0.4, -0.2) is 31.7 Å². The van der Waals surface area contributed by atoms with Gasteiger partial charge in [0.2, 0.25) is 15.9 Å². The van der Waals surface area contributed by atoms with Crippen LogP contribution in [0.4, 0.5) is 10.1 Å². The van der Waals surface area contributed by atoms with Crippen LogP contribution >= 0.6 is 0 Å². The predicted molar refractivity (Wildman–Crippen MR) is 97.7 cm³/mol. The Morgan fingerprint density at radius 1 is 1.07 bits per heavy atom. The van der Waals surface area contributed by atoms with E-state index in [9.17, 15) is 17.6 Å². The van der Waals surface area contributed by atoms with E-state index in [-0.39, 0.29) is 29.8 Å². The van der Waals surface area contributed by atoms with Gasteiger partial charge in [0.05, 0.1) is 16.5 Å². The van der Waals surface area contributed by atoms with Crippen LogP contribution in [0.15, 0.2) is 53.4 Å². The lowest BCUT2D eigenvalue weighted by molar-refractivity contribution is -0.120. The highest BCUT2D eigenvalue weighted by atomic mass is 32.2. The maximum absolute atomic E-state index is 13.0. The van der Waals surface area contributed by atoms with E-state index in [1.165, 1.54) is 16.4 Å². The van der Waals surface area contributed by atoms with Crippen LogP contribution < -0.4 is 5.32 Å².